The van der Waals surface area contributed by atoms with Crippen LogP contribution in [-0.2, 0) is 4.79 Å². The summed E-state index contributed by atoms with van der Waals surface area (Å²) in [5.74, 6) is 0.232. The molecule has 0 bridgehead atoms. The average molecular weight is 169 g/mol. The molecule has 1 atom stereocenters. The Balaban J connectivity index is 2.37. The molecule has 1 aliphatic heterocycles. The van der Waals surface area contributed by atoms with E-state index in [0.29, 0.717) is 11.5 Å². The number of hydrogen-bond donors (Lipinski definition) is 1. The first kappa shape index (κ1) is 9.56. The zero-order valence-electron chi connectivity index (χ0n) is 8.31. The molecule has 12 heavy (non-hydrogen) atoms. The topological polar surface area (TPSA) is 29.1 Å². The van der Waals surface area contributed by atoms with E-state index in [1.165, 1.54) is 0 Å². The molecule has 0 spiro atoms. The van der Waals surface area contributed by atoms with E-state index in [2.05, 4.69) is 26.1 Å². The van der Waals surface area contributed by atoms with E-state index >= 15 is 0 Å². The van der Waals surface area contributed by atoms with Crippen molar-refractivity contribution in [1.82, 2.24) is 5.32 Å². The molecule has 0 aromatic heterocycles. The zero-order chi connectivity index (χ0) is 9.19. The molecule has 2 nitrogen and oxygen atoms in total. The summed E-state index contributed by atoms with van der Waals surface area (Å²) in [6.45, 7) is 6.65. The van der Waals surface area contributed by atoms with Gasteiger partial charge in [0.15, 0.2) is 0 Å². The van der Waals surface area contributed by atoms with Gasteiger partial charge in [-0.1, -0.05) is 20.8 Å². The maximum Gasteiger partial charge on any atom is 0.220 e. The number of carbonyl (C=O) groups excluding carboxylic acids is 1. The summed E-state index contributed by atoms with van der Waals surface area (Å²) in [6, 6.07) is 0.422. The second-order valence-corrected chi connectivity index (χ2v) is 4.92. The third-order valence-electron chi connectivity index (χ3n) is 2.18. The van der Waals surface area contributed by atoms with Crippen molar-refractivity contribution < 1.29 is 4.79 Å². The Labute approximate surface area is 74.7 Å². The molecule has 2 heteroatoms. The standard InChI is InChI=1S/C10H19NO/c1-10(2,3)7-8-5-4-6-9(12)11-8/h8H,4-7H2,1-3H3,(H,11,12). The van der Waals surface area contributed by atoms with Crippen LogP contribution in [0.2, 0.25) is 0 Å². The summed E-state index contributed by atoms with van der Waals surface area (Å²) < 4.78 is 0. The van der Waals surface area contributed by atoms with Gasteiger partial charge in [-0.3, -0.25) is 4.79 Å². The average Bonchev–Trinajstić information content (AvgIpc) is 1.82. The van der Waals surface area contributed by atoms with Crippen LogP contribution >= 0.6 is 0 Å². The highest BCUT2D eigenvalue weighted by atomic mass is 16.1. The highest BCUT2D eigenvalue weighted by Gasteiger charge is 2.23. The Morgan fingerprint density at radius 3 is 2.67 bits per heavy atom. The van der Waals surface area contributed by atoms with E-state index in [9.17, 15) is 4.79 Å². The van der Waals surface area contributed by atoms with Crippen molar-refractivity contribution in [3.05, 3.63) is 0 Å². The van der Waals surface area contributed by atoms with E-state index in [-0.39, 0.29) is 5.91 Å². The summed E-state index contributed by atoms with van der Waals surface area (Å²) in [7, 11) is 0. The van der Waals surface area contributed by atoms with Crippen molar-refractivity contribution >= 4 is 5.91 Å². The van der Waals surface area contributed by atoms with E-state index < -0.39 is 0 Å². The van der Waals surface area contributed by atoms with Crippen molar-refractivity contribution in [1.29, 1.82) is 0 Å². The first-order valence-corrected chi connectivity index (χ1v) is 4.77. The number of carbonyl (C=O) groups is 1. The van der Waals surface area contributed by atoms with Gasteiger partial charge in [0.05, 0.1) is 0 Å². The van der Waals surface area contributed by atoms with Crippen LogP contribution in [0, 0.1) is 5.41 Å². The molecule has 0 aliphatic carbocycles. The molecule has 0 aromatic rings. The lowest BCUT2D eigenvalue weighted by molar-refractivity contribution is -0.123. The van der Waals surface area contributed by atoms with Crippen LogP contribution in [0.4, 0.5) is 0 Å². The number of nitrogens with one attached hydrogen (secondary N) is 1. The largest absolute Gasteiger partial charge is 0.353 e. The van der Waals surface area contributed by atoms with Gasteiger partial charge in [-0.05, 0) is 24.7 Å². The highest BCUT2D eigenvalue weighted by molar-refractivity contribution is 5.76. The van der Waals surface area contributed by atoms with Crippen molar-refractivity contribution in [2.75, 3.05) is 0 Å². The van der Waals surface area contributed by atoms with E-state index in [4.69, 9.17) is 0 Å². The minimum atomic E-state index is 0.232. The van der Waals surface area contributed by atoms with E-state index in [1.807, 2.05) is 0 Å². The van der Waals surface area contributed by atoms with Gasteiger partial charge in [0.1, 0.15) is 0 Å². The summed E-state index contributed by atoms with van der Waals surface area (Å²) in [5, 5.41) is 3.03. The second-order valence-electron chi connectivity index (χ2n) is 4.92. The molecule has 1 saturated heterocycles. The van der Waals surface area contributed by atoms with Crippen LogP contribution in [0.3, 0.4) is 0 Å². The van der Waals surface area contributed by atoms with E-state index in [1.54, 1.807) is 0 Å². The Kier molecular flexibility index (Phi) is 2.76. The van der Waals surface area contributed by atoms with Crippen LogP contribution in [0.15, 0.2) is 0 Å². The molecule has 1 fully saturated rings. The smallest absolute Gasteiger partial charge is 0.220 e. The van der Waals surface area contributed by atoms with Gasteiger partial charge in [-0.2, -0.15) is 0 Å². The molecule has 1 unspecified atom stereocenters. The quantitative estimate of drug-likeness (QED) is 0.640. The molecule has 1 amide bonds. The molecule has 0 aromatic carbocycles. The minimum absolute atomic E-state index is 0.232. The number of hydrogen-bond acceptors (Lipinski definition) is 1. The van der Waals surface area contributed by atoms with Gasteiger partial charge in [-0.15, -0.1) is 0 Å². The fraction of sp³-hybridized carbons (Fsp3) is 0.900. The third kappa shape index (κ3) is 3.24. The van der Waals surface area contributed by atoms with Crippen molar-refractivity contribution in [2.45, 2.75) is 52.5 Å². The van der Waals surface area contributed by atoms with Crippen molar-refractivity contribution in [3.8, 4) is 0 Å². The molecular formula is C10H19NO. The summed E-state index contributed by atoms with van der Waals surface area (Å²) in [6.07, 6.45) is 4.04. The van der Waals surface area contributed by atoms with Gasteiger partial charge in [0.25, 0.3) is 0 Å². The normalized spacial score (nSPS) is 25.2. The molecule has 1 heterocycles. The van der Waals surface area contributed by atoms with Crippen LogP contribution in [0.1, 0.15) is 46.5 Å². The maximum absolute atomic E-state index is 11.0. The van der Waals surface area contributed by atoms with Crippen molar-refractivity contribution in [2.24, 2.45) is 5.41 Å². The minimum Gasteiger partial charge on any atom is -0.353 e. The van der Waals surface area contributed by atoms with Crippen LogP contribution in [0.5, 0.6) is 0 Å². The van der Waals surface area contributed by atoms with Gasteiger partial charge in [-0.25, -0.2) is 0 Å². The zero-order valence-corrected chi connectivity index (χ0v) is 8.31. The Morgan fingerprint density at radius 1 is 1.50 bits per heavy atom. The summed E-state index contributed by atoms with van der Waals surface area (Å²) >= 11 is 0. The Hall–Kier alpha value is -0.530. The molecule has 1 aliphatic rings. The van der Waals surface area contributed by atoms with Gasteiger partial charge in [0.2, 0.25) is 5.91 Å². The summed E-state index contributed by atoms with van der Waals surface area (Å²) in [5.41, 5.74) is 0.329. The first-order chi connectivity index (χ1) is 5.47. The lowest BCUT2D eigenvalue weighted by atomic mass is 9.85. The lowest BCUT2D eigenvalue weighted by Crippen LogP contribution is -2.40. The first-order valence-electron chi connectivity index (χ1n) is 4.77. The van der Waals surface area contributed by atoms with Gasteiger partial charge in [0, 0.05) is 12.5 Å². The molecule has 0 radical (unpaired) electrons. The maximum atomic E-state index is 11.0. The molecular weight excluding hydrogens is 150 g/mol. The van der Waals surface area contributed by atoms with Crippen LogP contribution in [-0.4, -0.2) is 11.9 Å². The SMILES string of the molecule is CC(C)(C)CC1CCCC(=O)N1. The Morgan fingerprint density at radius 2 is 2.17 bits per heavy atom. The van der Waals surface area contributed by atoms with Gasteiger partial charge < -0.3 is 5.32 Å². The summed E-state index contributed by atoms with van der Waals surface area (Å²) in [4.78, 5) is 11.0. The Bertz CT molecular complexity index is 169. The fourth-order valence-corrected chi connectivity index (χ4v) is 1.77. The molecule has 70 valence electrons. The lowest BCUT2D eigenvalue weighted by Gasteiger charge is -2.29. The van der Waals surface area contributed by atoms with Gasteiger partial charge >= 0.3 is 0 Å². The molecule has 1 rings (SSSR count). The van der Waals surface area contributed by atoms with Crippen LogP contribution < -0.4 is 5.32 Å². The molecule has 1 N–H and O–H groups in total. The number of rotatable bonds is 1. The van der Waals surface area contributed by atoms with Crippen molar-refractivity contribution in [3.63, 3.8) is 0 Å². The predicted octanol–water partition coefficient (Wildman–Crippen LogP) is 2.09. The number of piperidine rings is 1. The van der Waals surface area contributed by atoms with Crippen LogP contribution in [0.25, 0.3) is 0 Å². The monoisotopic (exact) mass is 169 g/mol. The fourth-order valence-electron chi connectivity index (χ4n) is 1.77. The third-order valence-corrected chi connectivity index (χ3v) is 2.18. The second kappa shape index (κ2) is 3.46. The number of amides is 1. The highest BCUT2D eigenvalue weighted by Crippen LogP contribution is 2.24. The molecule has 0 saturated carbocycles. The van der Waals surface area contributed by atoms with E-state index in [0.717, 1.165) is 25.7 Å². The predicted molar refractivity (Wildman–Crippen MR) is 49.9 cm³/mol.